The van der Waals surface area contributed by atoms with Crippen molar-refractivity contribution < 1.29 is 19.0 Å². The first-order valence-electron chi connectivity index (χ1n) is 5.57. The Bertz CT molecular complexity index is 250. The van der Waals surface area contributed by atoms with E-state index in [0.29, 0.717) is 19.8 Å². The summed E-state index contributed by atoms with van der Waals surface area (Å²) in [6, 6.07) is 0. The van der Waals surface area contributed by atoms with E-state index in [1.54, 1.807) is 13.0 Å². The Morgan fingerprint density at radius 1 is 1.56 bits per heavy atom. The SMILES string of the molecule is C=CC(C(=O)OCC)C1COC(C)(C)OC1. The van der Waals surface area contributed by atoms with Crippen LogP contribution in [-0.2, 0) is 19.0 Å². The monoisotopic (exact) mass is 228 g/mol. The molecule has 0 aromatic rings. The minimum absolute atomic E-state index is 0.00965. The Morgan fingerprint density at radius 2 is 2.12 bits per heavy atom. The second-order valence-electron chi connectivity index (χ2n) is 4.30. The Labute approximate surface area is 96.6 Å². The Hall–Kier alpha value is -0.870. The van der Waals surface area contributed by atoms with E-state index in [2.05, 4.69) is 6.58 Å². The molecule has 0 aliphatic carbocycles. The van der Waals surface area contributed by atoms with Crippen LogP contribution in [0, 0.1) is 11.8 Å². The Morgan fingerprint density at radius 3 is 2.56 bits per heavy atom. The molecule has 1 unspecified atom stereocenters. The van der Waals surface area contributed by atoms with Crippen LogP contribution in [0.25, 0.3) is 0 Å². The molecule has 0 aromatic heterocycles. The predicted molar refractivity (Wildman–Crippen MR) is 59.8 cm³/mol. The summed E-state index contributed by atoms with van der Waals surface area (Å²) in [5.74, 6) is -1.17. The molecule has 1 heterocycles. The zero-order valence-corrected chi connectivity index (χ0v) is 10.2. The van der Waals surface area contributed by atoms with Crippen LogP contribution < -0.4 is 0 Å². The molecule has 1 saturated heterocycles. The summed E-state index contributed by atoms with van der Waals surface area (Å²) in [4.78, 5) is 11.6. The van der Waals surface area contributed by atoms with E-state index in [-0.39, 0.29) is 17.8 Å². The van der Waals surface area contributed by atoms with Crippen molar-refractivity contribution in [2.24, 2.45) is 11.8 Å². The predicted octanol–water partition coefficient (Wildman–Crippen LogP) is 1.75. The van der Waals surface area contributed by atoms with Crippen molar-refractivity contribution in [1.82, 2.24) is 0 Å². The van der Waals surface area contributed by atoms with E-state index >= 15 is 0 Å². The van der Waals surface area contributed by atoms with Gasteiger partial charge in [0, 0.05) is 5.92 Å². The van der Waals surface area contributed by atoms with Crippen LogP contribution in [0.2, 0.25) is 0 Å². The highest BCUT2D eigenvalue weighted by molar-refractivity contribution is 5.74. The molecule has 0 amide bonds. The van der Waals surface area contributed by atoms with Crippen LogP contribution >= 0.6 is 0 Å². The van der Waals surface area contributed by atoms with E-state index in [0.717, 1.165) is 0 Å². The summed E-state index contributed by atoms with van der Waals surface area (Å²) >= 11 is 0. The Kier molecular flexibility index (Phi) is 4.50. The minimum Gasteiger partial charge on any atom is -0.466 e. The second kappa shape index (κ2) is 5.46. The molecule has 4 nitrogen and oxygen atoms in total. The van der Waals surface area contributed by atoms with E-state index in [4.69, 9.17) is 14.2 Å². The van der Waals surface area contributed by atoms with Crippen molar-refractivity contribution in [2.75, 3.05) is 19.8 Å². The van der Waals surface area contributed by atoms with Crippen molar-refractivity contribution >= 4 is 5.97 Å². The standard InChI is InChI=1S/C12H20O4/c1-5-10(11(13)14-6-2)9-7-15-12(3,4)16-8-9/h5,9-10H,1,6-8H2,2-4H3. The van der Waals surface area contributed by atoms with Gasteiger partial charge in [-0.05, 0) is 20.8 Å². The fourth-order valence-electron chi connectivity index (χ4n) is 1.63. The number of hydrogen-bond acceptors (Lipinski definition) is 4. The van der Waals surface area contributed by atoms with Gasteiger partial charge in [0.2, 0.25) is 0 Å². The molecule has 0 aromatic carbocycles. The van der Waals surface area contributed by atoms with Gasteiger partial charge in [0.1, 0.15) is 0 Å². The molecule has 0 N–H and O–H groups in total. The maximum Gasteiger partial charge on any atom is 0.313 e. The molecule has 0 spiro atoms. The third kappa shape index (κ3) is 3.32. The van der Waals surface area contributed by atoms with Crippen LogP contribution in [0.5, 0.6) is 0 Å². The van der Waals surface area contributed by atoms with Gasteiger partial charge in [-0.2, -0.15) is 0 Å². The second-order valence-corrected chi connectivity index (χ2v) is 4.30. The summed E-state index contributed by atoms with van der Waals surface area (Å²) in [5, 5.41) is 0. The van der Waals surface area contributed by atoms with Crippen LogP contribution in [-0.4, -0.2) is 31.6 Å². The van der Waals surface area contributed by atoms with Crippen molar-refractivity contribution in [1.29, 1.82) is 0 Å². The molecule has 0 radical (unpaired) electrons. The molecular weight excluding hydrogens is 208 g/mol. The number of hydrogen-bond donors (Lipinski definition) is 0. The molecule has 16 heavy (non-hydrogen) atoms. The highest BCUT2D eigenvalue weighted by Gasteiger charge is 2.35. The average molecular weight is 228 g/mol. The van der Waals surface area contributed by atoms with Crippen molar-refractivity contribution in [3.05, 3.63) is 12.7 Å². The first-order chi connectivity index (χ1) is 7.50. The molecule has 1 rings (SSSR count). The van der Waals surface area contributed by atoms with Crippen LogP contribution in [0.15, 0.2) is 12.7 Å². The fourth-order valence-corrected chi connectivity index (χ4v) is 1.63. The van der Waals surface area contributed by atoms with Gasteiger partial charge in [-0.15, -0.1) is 6.58 Å². The number of carbonyl (C=O) groups excluding carboxylic acids is 1. The van der Waals surface area contributed by atoms with Crippen molar-refractivity contribution in [2.45, 2.75) is 26.6 Å². The first kappa shape index (κ1) is 13.2. The number of ether oxygens (including phenoxy) is 3. The molecule has 1 aliphatic heterocycles. The lowest BCUT2D eigenvalue weighted by Gasteiger charge is -2.36. The largest absolute Gasteiger partial charge is 0.466 e. The normalized spacial score (nSPS) is 22.4. The van der Waals surface area contributed by atoms with Gasteiger partial charge in [-0.25, -0.2) is 0 Å². The van der Waals surface area contributed by atoms with Gasteiger partial charge in [0.15, 0.2) is 5.79 Å². The maximum absolute atomic E-state index is 11.6. The van der Waals surface area contributed by atoms with Gasteiger partial charge >= 0.3 is 5.97 Å². The molecular formula is C12H20O4. The molecule has 0 bridgehead atoms. The third-order valence-electron chi connectivity index (χ3n) is 2.61. The van der Waals surface area contributed by atoms with Gasteiger partial charge in [0.25, 0.3) is 0 Å². The smallest absolute Gasteiger partial charge is 0.313 e. The zero-order chi connectivity index (χ0) is 12.2. The van der Waals surface area contributed by atoms with Gasteiger partial charge in [0.05, 0.1) is 25.7 Å². The summed E-state index contributed by atoms with van der Waals surface area (Å²) in [6.45, 7) is 10.5. The zero-order valence-electron chi connectivity index (χ0n) is 10.2. The lowest BCUT2D eigenvalue weighted by molar-refractivity contribution is -0.266. The van der Waals surface area contributed by atoms with E-state index in [1.807, 2.05) is 13.8 Å². The molecule has 1 fully saturated rings. The minimum atomic E-state index is -0.559. The maximum atomic E-state index is 11.6. The Balaban J connectivity index is 2.55. The quantitative estimate of drug-likeness (QED) is 0.543. The van der Waals surface area contributed by atoms with Gasteiger partial charge in [-0.1, -0.05) is 6.08 Å². The van der Waals surface area contributed by atoms with Gasteiger partial charge in [-0.3, -0.25) is 4.79 Å². The van der Waals surface area contributed by atoms with E-state index in [1.165, 1.54) is 0 Å². The third-order valence-corrected chi connectivity index (χ3v) is 2.61. The molecule has 1 aliphatic rings. The van der Waals surface area contributed by atoms with Crippen LogP contribution in [0.4, 0.5) is 0 Å². The highest BCUT2D eigenvalue weighted by atomic mass is 16.7. The first-order valence-corrected chi connectivity index (χ1v) is 5.57. The van der Waals surface area contributed by atoms with E-state index in [9.17, 15) is 4.79 Å². The topological polar surface area (TPSA) is 44.8 Å². The van der Waals surface area contributed by atoms with Gasteiger partial charge < -0.3 is 14.2 Å². The number of esters is 1. The number of rotatable bonds is 4. The highest BCUT2D eigenvalue weighted by Crippen LogP contribution is 2.26. The fraction of sp³-hybridized carbons (Fsp3) is 0.750. The summed E-state index contributed by atoms with van der Waals surface area (Å²) < 4.78 is 16.0. The average Bonchev–Trinajstić information content (AvgIpc) is 2.22. The molecule has 0 saturated carbocycles. The molecule has 92 valence electrons. The van der Waals surface area contributed by atoms with Crippen LogP contribution in [0.3, 0.4) is 0 Å². The lowest BCUT2D eigenvalue weighted by atomic mass is 9.93. The molecule has 4 heteroatoms. The van der Waals surface area contributed by atoms with Crippen molar-refractivity contribution in [3.63, 3.8) is 0 Å². The molecule has 1 atom stereocenters. The summed E-state index contributed by atoms with van der Waals surface area (Å²) in [7, 11) is 0. The summed E-state index contributed by atoms with van der Waals surface area (Å²) in [6.07, 6.45) is 1.60. The lowest BCUT2D eigenvalue weighted by Crippen LogP contribution is -2.43. The number of carbonyl (C=O) groups is 1. The van der Waals surface area contributed by atoms with Crippen LogP contribution in [0.1, 0.15) is 20.8 Å². The van der Waals surface area contributed by atoms with E-state index < -0.39 is 5.79 Å². The van der Waals surface area contributed by atoms with Crippen molar-refractivity contribution in [3.8, 4) is 0 Å². The summed E-state index contributed by atoms with van der Waals surface area (Å²) in [5.41, 5.74) is 0.